The molecule has 0 aliphatic rings. The highest BCUT2D eigenvalue weighted by Crippen LogP contribution is 2.35. The molecule has 0 amide bonds. The van der Waals surface area contributed by atoms with E-state index in [-0.39, 0.29) is 25.2 Å². The Kier molecular flexibility index (Phi) is 10.9. The van der Waals surface area contributed by atoms with Gasteiger partial charge in [0.2, 0.25) is 0 Å². The fraction of sp³-hybridized carbons (Fsp3) is 0.500. The summed E-state index contributed by atoms with van der Waals surface area (Å²) < 4.78 is 15.1. The zero-order valence-electron chi connectivity index (χ0n) is 14.3. The minimum atomic E-state index is -0.490. The summed E-state index contributed by atoms with van der Waals surface area (Å²) >= 11 is 0. The molecule has 0 spiro atoms. The molecule has 6 nitrogen and oxygen atoms in total. The summed E-state index contributed by atoms with van der Waals surface area (Å²) in [5.41, 5.74) is -0.287. The van der Waals surface area contributed by atoms with Crippen molar-refractivity contribution in [2.75, 3.05) is 19.8 Å². The van der Waals surface area contributed by atoms with E-state index in [0.29, 0.717) is 19.3 Å². The van der Waals surface area contributed by atoms with Gasteiger partial charge in [0.15, 0.2) is 0 Å². The second kappa shape index (κ2) is 12.1. The summed E-state index contributed by atoms with van der Waals surface area (Å²) in [6.45, 7) is 12.7. The van der Waals surface area contributed by atoms with Crippen molar-refractivity contribution in [2.24, 2.45) is 5.41 Å². The molecule has 0 aromatic heterocycles. The number of ether oxygens (including phenoxy) is 3. The summed E-state index contributed by atoms with van der Waals surface area (Å²) in [7, 11) is 0. The van der Waals surface area contributed by atoms with Gasteiger partial charge in [0, 0.05) is 18.2 Å². The van der Waals surface area contributed by atoms with Crippen LogP contribution in [0.15, 0.2) is 38.0 Å². The molecule has 24 heavy (non-hydrogen) atoms. The Labute approximate surface area is 143 Å². The van der Waals surface area contributed by atoms with Crippen LogP contribution in [0.3, 0.4) is 0 Å². The van der Waals surface area contributed by atoms with Gasteiger partial charge in [-0.2, -0.15) is 0 Å². The van der Waals surface area contributed by atoms with Crippen LogP contribution in [0.5, 0.6) is 0 Å². The highest BCUT2D eigenvalue weighted by atomic mass is 16.5. The van der Waals surface area contributed by atoms with Gasteiger partial charge in [0.1, 0.15) is 0 Å². The van der Waals surface area contributed by atoms with E-state index < -0.39 is 17.9 Å². The quantitative estimate of drug-likeness (QED) is 0.292. The van der Waals surface area contributed by atoms with Gasteiger partial charge in [-0.05, 0) is 24.7 Å². The second-order valence-electron chi connectivity index (χ2n) is 5.22. The fourth-order valence-electron chi connectivity index (χ4n) is 2.19. The highest BCUT2D eigenvalue weighted by Gasteiger charge is 2.29. The number of esters is 3. The van der Waals surface area contributed by atoms with Crippen molar-refractivity contribution in [3.8, 4) is 0 Å². The SMILES string of the molecule is C=CC(=O)OCCC(CC)(CCOC(=O)C=C)CCOC(=O)C=C. The van der Waals surface area contributed by atoms with Gasteiger partial charge in [0.05, 0.1) is 19.8 Å². The van der Waals surface area contributed by atoms with Gasteiger partial charge in [0.25, 0.3) is 0 Å². The molecule has 0 N–H and O–H groups in total. The smallest absolute Gasteiger partial charge is 0.330 e. The number of rotatable bonds is 13. The largest absolute Gasteiger partial charge is 0.463 e. The number of hydrogen-bond donors (Lipinski definition) is 0. The molecule has 0 radical (unpaired) electrons. The summed E-state index contributed by atoms with van der Waals surface area (Å²) in [6, 6.07) is 0. The summed E-state index contributed by atoms with van der Waals surface area (Å²) in [6.07, 6.45) is 5.72. The molecule has 0 unspecified atom stereocenters. The van der Waals surface area contributed by atoms with Crippen molar-refractivity contribution < 1.29 is 28.6 Å². The third kappa shape index (κ3) is 8.92. The molecule has 6 heteroatoms. The van der Waals surface area contributed by atoms with Crippen LogP contribution in [0.4, 0.5) is 0 Å². The van der Waals surface area contributed by atoms with E-state index in [9.17, 15) is 14.4 Å². The van der Waals surface area contributed by atoms with Gasteiger partial charge >= 0.3 is 17.9 Å². The topological polar surface area (TPSA) is 78.9 Å². The molecular formula is C18H26O6. The van der Waals surface area contributed by atoms with Gasteiger partial charge in [-0.3, -0.25) is 0 Å². The molecule has 0 rings (SSSR count). The Hall–Kier alpha value is -2.37. The third-order valence-electron chi connectivity index (χ3n) is 3.88. The normalized spacial score (nSPS) is 10.4. The summed E-state index contributed by atoms with van der Waals surface area (Å²) in [5, 5.41) is 0. The van der Waals surface area contributed by atoms with Crippen LogP contribution in [0.2, 0.25) is 0 Å². The molecule has 0 bridgehead atoms. The van der Waals surface area contributed by atoms with Crippen LogP contribution < -0.4 is 0 Å². The first-order valence-corrected chi connectivity index (χ1v) is 7.80. The molecule has 0 aliphatic carbocycles. The van der Waals surface area contributed by atoms with Gasteiger partial charge in [-0.25, -0.2) is 14.4 Å². The van der Waals surface area contributed by atoms with Crippen molar-refractivity contribution in [3.63, 3.8) is 0 Å². The third-order valence-corrected chi connectivity index (χ3v) is 3.88. The lowest BCUT2D eigenvalue weighted by Crippen LogP contribution is -2.27. The van der Waals surface area contributed by atoms with E-state index in [4.69, 9.17) is 14.2 Å². The Balaban J connectivity index is 4.70. The number of carbonyl (C=O) groups is 3. The van der Waals surface area contributed by atoms with E-state index in [1.807, 2.05) is 6.92 Å². The zero-order valence-corrected chi connectivity index (χ0v) is 14.3. The standard InChI is InChI=1S/C18H26O6/c1-5-15(19)22-12-9-18(8-4,10-13-23-16(20)6-2)11-14-24-17(21)7-3/h5-7H,1-3,8-14H2,4H3. The monoisotopic (exact) mass is 338 g/mol. The Morgan fingerprint density at radius 3 is 1.25 bits per heavy atom. The fourth-order valence-corrected chi connectivity index (χ4v) is 2.19. The van der Waals surface area contributed by atoms with Crippen LogP contribution in [0.25, 0.3) is 0 Å². The van der Waals surface area contributed by atoms with Crippen molar-refractivity contribution in [1.82, 2.24) is 0 Å². The maximum absolute atomic E-state index is 11.2. The molecular weight excluding hydrogens is 312 g/mol. The van der Waals surface area contributed by atoms with Crippen LogP contribution in [-0.4, -0.2) is 37.7 Å². The molecule has 0 aromatic carbocycles. The molecule has 0 aliphatic heterocycles. The van der Waals surface area contributed by atoms with E-state index in [1.165, 1.54) is 0 Å². The molecule has 0 heterocycles. The molecule has 0 saturated carbocycles. The number of hydrogen-bond acceptors (Lipinski definition) is 6. The average Bonchev–Trinajstić information content (AvgIpc) is 2.60. The predicted octanol–water partition coefficient (Wildman–Crippen LogP) is 2.74. The lowest BCUT2D eigenvalue weighted by Gasteiger charge is -2.32. The van der Waals surface area contributed by atoms with E-state index in [2.05, 4.69) is 19.7 Å². The zero-order chi connectivity index (χ0) is 18.4. The van der Waals surface area contributed by atoms with Crippen molar-refractivity contribution in [2.45, 2.75) is 32.6 Å². The van der Waals surface area contributed by atoms with E-state index in [0.717, 1.165) is 24.6 Å². The van der Waals surface area contributed by atoms with Crippen LogP contribution in [0, 0.1) is 5.41 Å². The van der Waals surface area contributed by atoms with Gasteiger partial charge in [-0.15, -0.1) is 0 Å². The Morgan fingerprint density at radius 2 is 1.04 bits per heavy atom. The lowest BCUT2D eigenvalue weighted by atomic mass is 9.76. The average molecular weight is 338 g/mol. The predicted molar refractivity (Wildman–Crippen MR) is 90.0 cm³/mol. The minimum Gasteiger partial charge on any atom is -0.463 e. The van der Waals surface area contributed by atoms with Crippen molar-refractivity contribution in [3.05, 3.63) is 38.0 Å². The van der Waals surface area contributed by atoms with Crippen molar-refractivity contribution >= 4 is 17.9 Å². The Morgan fingerprint density at radius 1 is 0.750 bits per heavy atom. The van der Waals surface area contributed by atoms with Crippen molar-refractivity contribution in [1.29, 1.82) is 0 Å². The maximum Gasteiger partial charge on any atom is 0.330 e. The molecule has 0 saturated heterocycles. The van der Waals surface area contributed by atoms with Crippen LogP contribution in [0.1, 0.15) is 32.6 Å². The van der Waals surface area contributed by atoms with Crippen LogP contribution >= 0.6 is 0 Å². The van der Waals surface area contributed by atoms with Gasteiger partial charge in [-0.1, -0.05) is 33.1 Å². The maximum atomic E-state index is 11.2. The molecule has 134 valence electrons. The highest BCUT2D eigenvalue weighted by molar-refractivity contribution is 5.81. The van der Waals surface area contributed by atoms with E-state index >= 15 is 0 Å². The first-order valence-electron chi connectivity index (χ1n) is 7.80. The minimum absolute atomic E-state index is 0.212. The lowest BCUT2D eigenvalue weighted by molar-refractivity contribution is -0.139. The summed E-state index contributed by atoms with van der Waals surface area (Å²) in [5.74, 6) is -1.47. The Bertz CT molecular complexity index is 402. The van der Waals surface area contributed by atoms with E-state index in [1.54, 1.807) is 0 Å². The molecule has 0 fully saturated rings. The summed E-state index contributed by atoms with van der Waals surface area (Å²) in [4.78, 5) is 33.5. The molecule has 0 aromatic rings. The second-order valence-corrected chi connectivity index (χ2v) is 5.22. The first kappa shape index (κ1) is 21.6. The number of carbonyl (C=O) groups excluding carboxylic acids is 3. The first-order chi connectivity index (χ1) is 11.4. The van der Waals surface area contributed by atoms with Crippen LogP contribution in [-0.2, 0) is 28.6 Å². The van der Waals surface area contributed by atoms with Gasteiger partial charge < -0.3 is 14.2 Å². The molecule has 0 atom stereocenters.